The van der Waals surface area contributed by atoms with Gasteiger partial charge in [0.15, 0.2) is 17.4 Å². The normalized spacial score (nSPS) is 12.1. The Hall–Kier alpha value is -2.65. The van der Waals surface area contributed by atoms with Crippen LogP contribution in [-0.4, -0.2) is 18.5 Å². The summed E-state index contributed by atoms with van der Waals surface area (Å²) in [6, 6.07) is 32.3. The second-order valence-electron chi connectivity index (χ2n) is 8.06. The molecule has 0 aromatic heterocycles. The van der Waals surface area contributed by atoms with E-state index in [2.05, 4.69) is 123 Å². The number of hydrogen-bond donors (Lipinski definition) is 0. The lowest BCUT2D eigenvalue weighted by atomic mass is 9.99. The fraction of sp³-hybridized carbons (Fsp3) is 0.200. The molecule has 0 aliphatic heterocycles. The highest BCUT2D eigenvalue weighted by Gasteiger charge is 2.45. The van der Waals surface area contributed by atoms with E-state index in [0.29, 0.717) is 0 Å². The quantitative estimate of drug-likeness (QED) is 0.223. The van der Waals surface area contributed by atoms with E-state index in [1.165, 1.54) is 15.9 Å². The number of rotatable bonds is 3. The Bertz CT molecular complexity index is 1100. The van der Waals surface area contributed by atoms with Crippen LogP contribution in [0.3, 0.4) is 0 Å². The molecule has 0 atom stereocenters. The Morgan fingerprint density at radius 3 is 1.18 bits per heavy atom. The fourth-order valence-corrected chi connectivity index (χ4v) is 6.49. The molecule has 3 aromatic carbocycles. The Kier molecular flexibility index (Phi) is 8.48. The topological polar surface area (TPSA) is 57.2 Å². The molecule has 3 nitrogen and oxygen atoms in total. The number of halogens is 3. The van der Waals surface area contributed by atoms with E-state index in [-0.39, 0.29) is 5.41 Å². The van der Waals surface area contributed by atoms with Gasteiger partial charge in [0, 0.05) is 5.41 Å². The highest BCUT2D eigenvalue weighted by atomic mass is 32.2. The molecule has 0 saturated heterocycles. The maximum atomic E-state index is 10.7. The molecule has 3 aromatic rings. The van der Waals surface area contributed by atoms with Crippen molar-refractivity contribution in [2.45, 2.75) is 26.3 Å². The van der Waals surface area contributed by atoms with E-state index < -0.39 is 22.9 Å². The Morgan fingerprint density at radius 1 is 0.697 bits per heavy atom. The maximum absolute atomic E-state index is 10.7. The second kappa shape index (κ2) is 10.5. The van der Waals surface area contributed by atoms with Crippen LogP contribution in [0.25, 0.3) is 0 Å². The largest absolute Gasteiger partial charge is 0.741 e. The van der Waals surface area contributed by atoms with Crippen molar-refractivity contribution in [3.63, 3.8) is 0 Å². The van der Waals surface area contributed by atoms with Gasteiger partial charge in [-0.2, -0.15) is 13.2 Å². The molecule has 0 heterocycles. The highest BCUT2D eigenvalue weighted by molar-refractivity contribution is 7.99. The van der Waals surface area contributed by atoms with E-state index in [1.807, 2.05) is 0 Å². The molecule has 0 aliphatic rings. The molecular weight excluding hydrogens is 468 g/mol. The Balaban J connectivity index is 0.000000414. The fourth-order valence-electron chi connectivity index (χ4n) is 2.85. The summed E-state index contributed by atoms with van der Waals surface area (Å²) in [6.07, 6.45) is 0. The molecule has 33 heavy (non-hydrogen) atoms. The summed E-state index contributed by atoms with van der Waals surface area (Å²) in [5, 5.41) is 3.93. The van der Waals surface area contributed by atoms with Crippen molar-refractivity contribution in [1.82, 2.24) is 0 Å². The maximum Gasteiger partial charge on any atom is 0.485 e. The molecule has 0 amide bonds. The van der Waals surface area contributed by atoms with Crippen molar-refractivity contribution in [3.05, 3.63) is 91.0 Å². The van der Waals surface area contributed by atoms with Gasteiger partial charge in [0.05, 0.1) is 5.66 Å². The van der Waals surface area contributed by atoms with Crippen LogP contribution in [-0.2, 0) is 10.1 Å². The average molecular weight is 492 g/mol. The molecule has 0 fully saturated rings. The van der Waals surface area contributed by atoms with E-state index in [4.69, 9.17) is 13.0 Å². The van der Waals surface area contributed by atoms with Crippen LogP contribution in [0.4, 0.5) is 13.2 Å². The number of alkyl halides is 3. The standard InChI is InChI=1S/C24H24P.CHF3O3S/c1-24(2,3)19-20-25(21-13-7-4-8-14-21,22-15-9-5-10-16-22)23-17-11-6-12-18-23;2-1(3,4)8(5,6)7/h4-18H,1-3H3;(H,5,6,7)/q+1;/p-1. The lowest BCUT2D eigenvalue weighted by molar-refractivity contribution is -0.0517. The summed E-state index contributed by atoms with van der Waals surface area (Å²) in [7, 11) is -8.10. The molecule has 3 rings (SSSR count). The van der Waals surface area contributed by atoms with Crippen LogP contribution in [0.15, 0.2) is 91.0 Å². The van der Waals surface area contributed by atoms with Gasteiger partial charge in [-0.25, -0.2) is 8.42 Å². The van der Waals surface area contributed by atoms with Crippen LogP contribution in [0, 0.1) is 17.0 Å². The first-order valence-electron chi connectivity index (χ1n) is 9.90. The molecule has 0 bridgehead atoms. The van der Waals surface area contributed by atoms with Gasteiger partial charge in [-0.05, 0) is 57.2 Å². The molecule has 0 N–H and O–H groups in total. The number of hydrogen-bond acceptors (Lipinski definition) is 3. The van der Waals surface area contributed by atoms with Crippen LogP contribution < -0.4 is 15.9 Å². The zero-order valence-electron chi connectivity index (χ0n) is 18.4. The van der Waals surface area contributed by atoms with E-state index in [1.54, 1.807) is 0 Å². The van der Waals surface area contributed by atoms with E-state index in [0.717, 1.165) is 0 Å². The second-order valence-corrected chi connectivity index (χ2v) is 12.5. The van der Waals surface area contributed by atoms with Gasteiger partial charge in [0.2, 0.25) is 0 Å². The van der Waals surface area contributed by atoms with E-state index in [9.17, 15) is 13.2 Å². The smallest absolute Gasteiger partial charge is 0.485 e. The summed E-state index contributed by atoms with van der Waals surface area (Å²) in [6.45, 7) is 6.53. The summed E-state index contributed by atoms with van der Waals surface area (Å²) >= 11 is 0. The van der Waals surface area contributed by atoms with Crippen molar-refractivity contribution < 1.29 is 26.1 Å². The minimum absolute atomic E-state index is 0.0381. The molecule has 0 unspecified atom stereocenters. The summed E-state index contributed by atoms with van der Waals surface area (Å²) < 4.78 is 58.9. The zero-order chi connectivity index (χ0) is 24.8. The monoisotopic (exact) mass is 492 g/mol. The zero-order valence-corrected chi connectivity index (χ0v) is 20.1. The molecule has 0 spiro atoms. The van der Waals surface area contributed by atoms with Crippen LogP contribution in [0.2, 0.25) is 0 Å². The molecular formula is C25H24F3O3PS. The van der Waals surface area contributed by atoms with Crippen molar-refractivity contribution in [1.29, 1.82) is 0 Å². The molecule has 0 radical (unpaired) electrons. The third kappa shape index (κ3) is 7.17. The van der Waals surface area contributed by atoms with Gasteiger partial charge in [0.1, 0.15) is 15.9 Å². The van der Waals surface area contributed by atoms with Crippen molar-refractivity contribution in [2.75, 3.05) is 0 Å². The first-order chi connectivity index (χ1) is 15.3. The predicted octanol–water partition coefficient (Wildman–Crippen LogP) is 5.04. The first kappa shape index (κ1) is 26.6. The average Bonchev–Trinajstić information content (AvgIpc) is 2.75. The van der Waals surface area contributed by atoms with Gasteiger partial charge in [0.25, 0.3) is 0 Å². The van der Waals surface area contributed by atoms with Crippen molar-refractivity contribution in [3.8, 4) is 11.6 Å². The van der Waals surface area contributed by atoms with Gasteiger partial charge < -0.3 is 4.55 Å². The number of benzene rings is 3. The van der Waals surface area contributed by atoms with Gasteiger partial charge >= 0.3 is 5.51 Å². The van der Waals surface area contributed by atoms with Crippen molar-refractivity contribution >= 4 is 33.3 Å². The summed E-state index contributed by atoms with van der Waals surface area (Å²) in [4.78, 5) is 0. The van der Waals surface area contributed by atoms with Crippen molar-refractivity contribution in [2.24, 2.45) is 5.41 Å². The first-order valence-corrected chi connectivity index (χ1v) is 13.1. The van der Waals surface area contributed by atoms with E-state index >= 15 is 0 Å². The Labute approximate surface area is 193 Å². The minimum Gasteiger partial charge on any atom is -0.741 e. The SMILES string of the molecule is CC(C)(C)C#C[P+](c1ccccc1)(c1ccccc1)c1ccccc1.O=S(=O)([O-])C(F)(F)F. The molecule has 8 heteroatoms. The van der Waals surface area contributed by atoms with Crippen LogP contribution in [0.5, 0.6) is 0 Å². The van der Waals surface area contributed by atoms with Crippen LogP contribution >= 0.6 is 7.26 Å². The van der Waals surface area contributed by atoms with Crippen LogP contribution in [0.1, 0.15) is 20.8 Å². The third-order valence-electron chi connectivity index (χ3n) is 4.31. The minimum atomic E-state index is -6.09. The summed E-state index contributed by atoms with van der Waals surface area (Å²) in [5.74, 6) is 3.56. The van der Waals surface area contributed by atoms with Gasteiger partial charge in [-0.3, -0.25) is 0 Å². The van der Waals surface area contributed by atoms with Gasteiger partial charge in [-0.15, -0.1) is 0 Å². The highest BCUT2D eigenvalue weighted by Crippen LogP contribution is 2.54. The molecule has 174 valence electrons. The molecule has 0 aliphatic carbocycles. The summed E-state index contributed by atoms with van der Waals surface area (Å²) in [5.41, 5.74) is -1.90. The Morgan fingerprint density at radius 2 is 0.970 bits per heavy atom. The lowest BCUT2D eigenvalue weighted by Gasteiger charge is -2.22. The lowest BCUT2D eigenvalue weighted by Crippen LogP contribution is -2.30. The van der Waals surface area contributed by atoms with Gasteiger partial charge in [-0.1, -0.05) is 60.5 Å². The molecule has 0 saturated carbocycles. The predicted molar refractivity (Wildman–Crippen MR) is 128 cm³/mol. The third-order valence-corrected chi connectivity index (χ3v) is 8.54.